The van der Waals surface area contributed by atoms with Gasteiger partial charge in [0.05, 0.1) is 0 Å². The molecule has 2 aromatic rings. The summed E-state index contributed by atoms with van der Waals surface area (Å²) in [5.41, 5.74) is 0. The summed E-state index contributed by atoms with van der Waals surface area (Å²) in [6, 6.07) is 4.30. The predicted molar refractivity (Wildman–Crippen MR) is 123 cm³/mol. The maximum absolute atomic E-state index is 4.92. The van der Waals surface area contributed by atoms with E-state index in [9.17, 15) is 0 Å². The third kappa shape index (κ3) is 6.74. The van der Waals surface area contributed by atoms with Gasteiger partial charge in [-0.25, -0.2) is 0 Å². The van der Waals surface area contributed by atoms with E-state index in [0.717, 1.165) is 63.3 Å². The van der Waals surface area contributed by atoms with Crippen molar-refractivity contribution in [2.24, 2.45) is 10.9 Å². The van der Waals surface area contributed by atoms with E-state index in [0.29, 0.717) is 0 Å². The standard InChI is InChI=1S/C19H30N6S.HI/c1-3-18-23-22-15-25(18)12-10-21-19(24-11-4-6-16(2)14-24)20-9-8-17-7-5-13-26-17;/h5,7,13,15-16H,3-4,6,8-12,14H2,1-2H3,(H,20,21);1H. The summed E-state index contributed by atoms with van der Waals surface area (Å²) in [5, 5.41) is 13.9. The number of thiophene rings is 1. The van der Waals surface area contributed by atoms with Gasteiger partial charge < -0.3 is 14.8 Å². The van der Waals surface area contributed by atoms with Crippen LogP contribution < -0.4 is 5.32 Å². The highest BCUT2D eigenvalue weighted by molar-refractivity contribution is 14.0. The number of aliphatic imine (C=N–C) groups is 1. The molecule has 1 unspecified atom stereocenters. The van der Waals surface area contributed by atoms with Gasteiger partial charge >= 0.3 is 0 Å². The van der Waals surface area contributed by atoms with Crippen molar-refractivity contribution in [1.82, 2.24) is 25.0 Å². The molecule has 1 fully saturated rings. The van der Waals surface area contributed by atoms with Crippen LogP contribution >= 0.6 is 35.3 Å². The average molecular weight is 502 g/mol. The number of likely N-dealkylation sites (tertiary alicyclic amines) is 1. The van der Waals surface area contributed by atoms with Gasteiger partial charge in [0.15, 0.2) is 5.96 Å². The van der Waals surface area contributed by atoms with Crippen molar-refractivity contribution in [1.29, 1.82) is 0 Å². The van der Waals surface area contributed by atoms with E-state index < -0.39 is 0 Å². The molecule has 8 heteroatoms. The molecule has 0 spiro atoms. The third-order valence-corrected chi connectivity index (χ3v) is 5.74. The molecule has 1 atom stereocenters. The minimum atomic E-state index is 0. The molecule has 2 aromatic heterocycles. The minimum absolute atomic E-state index is 0. The van der Waals surface area contributed by atoms with Gasteiger partial charge in [0, 0.05) is 50.4 Å². The molecule has 0 aliphatic carbocycles. The Morgan fingerprint density at radius 3 is 3.07 bits per heavy atom. The van der Waals surface area contributed by atoms with Crippen LogP contribution in [0.2, 0.25) is 0 Å². The van der Waals surface area contributed by atoms with Crippen LogP contribution in [0.3, 0.4) is 0 Å². The summed E-state index contributed by atoms with van der Waals surface area (Å²) in [6.07, 6.45) is 6.30. The zero-order valence-corrected chi connectivity index (χ0v) is 19.5. The van der Waals surface area contributed by atoms with Gasteiger partial charge in [0.1, 0.15) is 12.2 Å². The molecule has 150 valence electrons. The Hall–Kier alpha value is -1.16. The van der Waals surface area contributed by atoms with Crippen molar-refractivity contribution in [3.8, 4) is 0 Å². The lowest BCUT2D eigenvalue weighted by Crippen LogP contribution is -2.47. The van der Waals surface area contributed by atoms with Gasteiger partial charge in [-0.2, -0.15) is 0 Å². The fourth-order valence-electron chi connectivity index (χ4n) is 3.40. The number of guanidine groups is 1. The summed E-state index contributed by atoms with van der Waals surface area (Å²) >= 11 is 1.81. The van der Waals surface area contributed by atoms with E-state index in [4.69, 9.17) is 4.99 Å². The number of piperidine rings is 1. The summed E-state index contributed by atoms with van der Waals surface area (Å²) in [4.78, 5) is 8.74. The second-order valence-electron chi connectivity index (χ2n) is 6.95. The van der Waals surface area contributed by atoms with Crippen LogP contribution in [0.4, 0.5) is 0 Å². The van der Waals surface area contributed by atoms with Gasteiger partial charge in [0.2, 0.25) is 0 Å². The lowest BCUT2D eigenvalue weighted by Gasteiger charge is -2.33. The Kier molecular flexibility index (Phi) is 9.53. The van der Waals surface area contributed by atoms with Crippen LogP contribution in [0.5, 0.6) is 0 Å². The van der Waals surface area contributed by atoms with Crippen LogP contribution in [0.1, 0.15) is 37.4 Å². The number of halogens is 1. The first kappa shape index (κ1) is 22.1. The highest BCUT2D eigenvalue weighted by atomic mass is 127. The molecule has 6 nitrogen and oxygen atoms in total. The normalized spacial score (nSPS) is 17.6. The molecule has 0 aromatic carbocycles. The number of aryl methyl sites for hydroxylation is 1. The number of rotatable bonds is 7. The molecule has 1 aliphatic heterocycles. The highest BCUT2D eigenvalue weighted by Crippen LogP contribution is 2.15. The third-order valence-electron chi connectivity index (χ3n) is 4.80. The number of hydrogen-bond acceptors (Lipinski definition) is 4. The Balaban J connectivity index is 0.00000261. The van der Waals surface area contributed by atoms with E-state index in [-0.39, 0.29) is 24.0 Å². The molecular weight excluding hydrogens is 471 g/mol. The van der Waals surface area contributed by atoms with Crippen LogP contribution in [0.25, 0.3) is 0 Å². The molecular formula is C19H31IN6S. The van der Waals surface area contributed by atoms with Crippen LogP contribution in [0, 0.1) is 5.92 Å². The molecule has 0 radical (unpaired) electrons. The number of nitrogens with zero attached hydrogens (tertiary/aromatic N) is 5. The van der Waals surface area contributed by atoms with Gasteiger partial charge in [-0.1, -0.05) is 19.9 Å². The van der Waals surface area contributed by atoms with Crippen molar-refractivity contribution in [2.75, 3.05) is 26.2 Å². The topological polar surface area (TPSA) is 58.3 Å². The summed E-state index contributed by atoms with van der Waals surface area (Å²) in [6.45, 7) is 9.18. The molecule has 0 saturated carbocycles. The van der Waals surface area contributed by atoms with Gasteiger partial charge in [-0.15, -0.1) is 45.5 Å². The molecule has 27 heavy (non-hydrogen) atoms. The Morgan fingerprint density at radius 2 is 2.33 bits per heavy atom. The Labute approximate surface area is 183 Å². The second-order valence-corrected chi connectivity index (χ2v) is 7.98. The predicted octanol–water partition coefficient (Wildman–Crippen LogP) is 3.44. The van der Waals surface area contributed by atoms with Crippen LogP contribution in [0.15, 0.2) is 28.8 Å². The van der Waals surface area contributed by atoms with Gasteiger partial charge in [-0.3, -0.25) is 4.99 Å². The number of aromatic nitrogens is 3. The minimum Gasteiger partial charge on any atom is -0.354 e. The fraction of sp³-hybridized carbons (Fsp3) is 0.632. The van der Waals surface area contributed by atoms with Crippen LogP contribution in [-0.2, 0) is 19.4 Å². The van der Waals surface area contributed by atoms with E-state index >= 15 is 0 Å². The van der Waals surface area contributed by atoms with Gasteiger partial charge in [-0.05, 0) is 30.2 Å². The molecule has 3 heterocycles. The fourth-order valence-corrected chi connectivity index (χ4v) is 4.10. The first-order valence-corrected chi connectivity index (χ1v) is 10.6. The van der Waals surface area contributed by atoms with Crippen molar-refractivity contribution in [2.45, 2.75) is 46.1 Å². The van der Waals surface area contributed by atoms with Crippen molar-refractivity contribution in [3.63, 3.8) is 0 Å². The summed E-state index contributed by atoms with van der Waals surface area (Å²) < 4.78 is 2.12. The van der Waals surface area contributed by atoms with Crippen molar-refractivity contribution in [3.05, 3.63) is 34.5 Å². The molecule has 0 amide bonds. The molecule has 3 rings (SSSR count). The van der Waals surface area contributed by atoms with E-state index in [2.05, 4.69) is 56.3 Å². The molecule has 1 N–H and O–H groups in total. The number of nitrogens with one attached hydrogen (secondary N) is 1. The molecule has 0 bridgehead atoms. The van der Waals surface area contributed by atoms with E-state index in [1.54, 1.807) is 0 Å². The summed E-state index contributed by atoms with van der Waals surface area (Å²) in [5.74, 6) is 2.83. The zero-order valence-electron chi connectivity index (χ0n) is 16.3. The Morgan fingerprint density at radius 1 is 1.44 bits per heavy atom. The molecule has 1 aliphatic rings. The average Bonchev–Trinajstić information content (AvgIpc) is 3.32. The van der Waals surface area contributed by atoms with Crippen molar-refractivity contribution >= 4 is 41.3 Å². The van der Waals surface area contributed by atoms with E-state index in [1.165, 1.54) is 17.7 Å². The maximum Gasteiger partial charge on any atom is 0.194 e. The largest absolute Gasteiger partial charge is 0.354 e. The van der Waals surface area contributed by atoms with Gasteiger partial charge in [0.25, 0.3) is 0 Å². The van der Waals surface area contributed by atoms with Crippen LogP contribution in [-0.4, -0.2) is 51.8 Å². The molecule has 1 saturated heterocycles. The lowest BCUT2D eigenvalue weighted by atomic mass is 10.0. The monoisotopic (exact) mass is 502 g/mol. The Bertz CT molecular complexity index is 684. The van der Waals surface area contributed by atoms with E-state index in [1.807, 2.05) is 17.7 Å². The smallest absolute Gasteiger partial charge is 0.194 e. The zero-order chi connectivity index (χ0) is 18.2. The maximum atomic E-state index is 4.92. The second kappa shape index (κ2) is 11.6. The lowest BCUT2D eigenvalue weighted by molar-refractivity contribution is 0.265. The highest BCUT2D eigenvalue weighted by Gasteiger charge is 2.19. The number of hydrogen-bond donors (Lipinski definition) is 1. The first-order valence-electron chi connectivity index (χ1n) is 9.68. The first-order chi connectivity index (χ1) is 12.8. The SMILES string of the molecule is CCc1nncn1CCNC(=NCCc1cccs1)N1CCCC(C)C1.I. The quantitative estimate of drug-likeness (QED) is 0.358. The summed E-state index contributed by atoms with van der Waals surface area (Å²) in [7, 11) is 0. The van der Waals surface area contributed by atoms with Crippen molar-refractivity contribution < 1.29 is 0 Å².